The molecule has 0 heterocycles. The van der Waals surface area contributed by atoms with Crippen LogP contribution in [-0.4, -0.2) is 24.0 Å². The van der Waals surface area contributed by atoms with Crippen LogP contribution in [0.15, 0.2) is 72.8 Å². The fraction of sp³-hybridized carbons (Fsp3) is 0.227. The Hall–Kier alpha value is -2.02. The summed E-state index contributed by atoms with van der Waals surface area (Å²) in [6, 6.07) is 21.3. The SMILES string of the molecule is CSCC[C@H](NOCc1ccccc1)C(=O)OP(=O)(Cl)Oc1cccc2ccccc12. The second kappa shape index (κ2) is 11.6. The third-order valence-electron chi connectivity index (χ3n) is 4.36. The lowest BCUT2D eigenvalue weighted by atomic mass is 10.1. The minimum absolute atomic E-state index is 0.259. The maximum Gasteiger partial charge on any atom is 0.532 e. The zero-order valence-corrected chi connectivity index (χ0v) is 19.4. The summed E-state index contributed by atoms with van der Waals surface area (Å²) in [5.74, 6) is 0.136. The summed E-state index contributed by atoms with van der Waals surface area (Å²) in [5.41, 5.74) is 3.63. The van der Waals surface area contributed by atoms with E-state index in [0.29, 0.717) is 17.6 Å². The van der Waals surface area contributed by atoms with Crippen LogP contribution >= 0.6 is 30.0 Å². The highest BCUT2D eigenvalue weighted by Gasteiger charge is 2.32. The molecule has 0 aliphatic rings. The van der Waals surface area contributed by atoms with Gasteiger partial charge in [0, 0.05) is 16.6 Å². The van der Waals surface area contributed by atoms with Crippen LogP contribution in [0.1, 0.15) is 12.0 Å². The van der Waals surface area contributed by atoms with Crippen LogP contribution in [0.2, 0.25) is 0 Å². The maximum atomic E-state index is 12.7. The van der Waals surface area contributed by atoms with E-state index in [1.165, 1.54) is 0 Å². The van der Waals surface area contributed by atoms with Crippen molar-refractivity contribution in [3.63, 3.8) is 0 Å². The van der Waals surface area contributed by atoms with E-state index in [1.54, 1.807) is 23.9 Å². The topological polar surface area (TPSA) is 73.9 Å². The molecule has 3 aromatic carbocycles. The van der Waals surface area contributed by atoms with Crippen molar-refractivity contribution in [1.29, 1.82) is 0 Å². The summed E-state index contributed by atoms with van der Waals surface area (Å²) in [5, 5.41) is 1.60. The second-order valence-corrected chi connectivity index (χ2v) is 10.1. The Bertz CT molecular complexity index is 1050. The molecule has 0 fully saturated rings. The lowest BCUT2D eigenvalue weighted by Gasteiger charge is -2.19. The number of thioether (sulfide) groups is 1. The van der Waals surface area contributed by atoms with Crippen molar-refractivity contribution >= 4 is 46.7 Å². The first-order chi connectivity index (χ1) is 15.0. The molecule has 31 heavy (non-hydrogen) atoms. The molecule has 0 saturated heterocycles. The summed E-state index contributed by atoms with van der Waals surface area (Å²) < 4.78 is 23.2. The molecule has 0 aliphatic heterocycles. The number of fused-ring (bicyclic) bond motifs is 1. The molecule has 9 heteroatoms. The highest BCUT2D eigenvalue weighted by Crippen LogP contribution is 2.54. The largest absolute Gasteiger partial charge is 0.532 e. The summed E-state index contributed by atoms with van der Waals surface area (Å²) in [6.45, 7) is -3.97. The molecule has 2 atom stereocenters. The zero-order valence-electron chi connectivity index (χ0n) is 16.9. The van der Waals surface area contributed by atoms with Gasteiger partial charge in [-0.05, 0) is 35.4 Å². The van der Waals surface area contributed by atoms with Gasteiger partial charge >= 0.3 is 12.9 Å². The van der Waals surface area contributed by atoms with E-state index in [4.69, 9.17) is 25.1 Å². The number of halogens is 1. The summed E-state index contributed by atoms with van der Waals surface area (Å²) >= 11 is 7.55. The first kappa shape index (κ1) is 23.6. The number of hydroxylamine groups is 1. The van der Waals surface area contributed by atoms with Gasteiger partial charge in [0.05, 0.1) is 6.61 Å². The van der Waals surface area contributed by atoms with Crippen molar-refractivity contribution < 1.29 is 23.2 Å². The number of carbonyl (C=O) groups excluding carboxylic acids is 1. The summed E-state index contributed by atoms with van der Waals surface area (Å²) in [4.78, 5) is 18.1. The van der Waals surface area contributed by atoms with Gasteiger partial charge in [0.25, 0.3) is 0 Å². The number of hydrogen-bond acceptors (Lipinski definition) is 7. The smallest absolute Gasteiger partial charge is 0.404 e. The molecule has 3 rings (SSSR count). The predicted molar refractivity (Wildman–Crippen MR) is 125 cm³/mol. The van der Waals surface area contributed by atoms with Crippen molar-refractivity contribution in [2.45, 2.75) is 19.1 Å². The van der Waals surface area contributed by atoms with Crippen LogP contribution in [0.3, 0.4) is 0 Å². The fourth-order valence-electron chi connectivity index (χ4n) is 2.84. The van der Waals surface area contributed by atoms with E-state index < -0.39 is 19.0 Å². The number of rotatable bonds is 11. The van der Waals surface area contributed by atoms with Gasteiger partial charge in [-0.1, -0.05) is 66.7 Å². The standard InChI is InChI=1S/C22H23ClNO5PS/c1-31-15-14-20(24-27-16-17-8-3-2-4-9-17)22(25)29-30(23,26)28-21-13-7-11-18-10-5-6-12-19(18)21/h2-13,20,24H,14-16H2,1H3/t20-,30?/m0/s1. The lowest BCUT2D eigenvalue weighted by molar-refractivity contribution is -0.142. The van der Waals surface area contributed by atoms with Crippen LogP contribution in [0.5, 0.6) is 5.75 Å². The minimum Gasteiger partial charge on any atom is -0.404 e. The number of nitrogens with one attached hydrogen (secondary N) is 1. The molecule has 0 aliphatic carbocycles. The van der Waals surface area contributed by atoms with Crippen molar-refractivity contribution in [2.24, 2.45) is 0 Å². The highest BCUT2D eigenvalue weighted by molar-refractivity contribution is 7.98. The van der Waals surface area contributed by atoms with Crippen LogP contribution in [-0.2, 0) is 25.3 Å². The molecular weight excluding hydrogens is 457 g/mol. The fourth-order valence-corrected chi connectivity index (χ4v) is 4.51. The van der Waals surface area contributed by atoms with E-state index in [9.17, 15) is 9.36 Å². The quantitative estimate of drug-likeness (QED) is 0.269. The third-order valence-corrected chi connectivity index (χ3v) is 6.23. The van der Waals surface area contributed by atoms with Crippen LogP contribution in [0.25, 0.3) is 10.8 Å². The molecule has 0 spiro atoms. The Labute approximate surface area is 190 Å². The minimum atomic E-state index is -4.23. The Morgan fingerprint density at radius 3 is 2.55 bits per heavy atom. The van der Waals surface area contributed by atoms with Crippen LogP contribution < -0.4 is 10.0 Å². The number of carbonyl (C=O) groups is 1. The molecule has 1 unspecified atom stereocenters. The number of hydrogen-bond donors (Lipinski definition) is 1. The van der Waals surface area contributed by atoms with E-state index in [2.05, 4.69) is 5.48 Å². The molecule has 0 amide bonds. The highest BCUT2D eigenvalue weighted by atomic mass is 35.7. The van der Waals surface area contributed by atoms with Crippen molar-refractivity contribution in [2.75, 3.05) is 12.0 Å². The molecule has 0 aromatic heterocycles. The molecule has 6 nitrogen and oxygen atoms in total. The number of benzene rings is 3. The van der Waals surface area contributed by atoms with Crippen LogP contribution in [0, 0.1) is 0 Å². The van der Waals surface area contributed by atoms with Gasteiger partial charge < -0.3 is 9.05 Å². The first-order valence-corrected chi connectivity index (χ1v) is 13.4. The van der Waals surface area contributed by atoms with Gasteiger partial charge in [0.2, 0.25) is 0 Å². The van der Waals surface area contributed by atoms with Crippen molar-refractivity contribution in [1.82, 2.24) is 5.48 Å². The van der Waals surface area contributed by atoms with E-state index in [-0.39, 0.29) is 12.4 Å². The van der Waals surface area contributed by atoms with Gasteiger partial charge in [-0.15, -0.1) is 0 Å². The molecule has 164 valence electrons. The Kier molecular flexibility index (Phi) is 8.81. The average Bonchev–Trinajstić information content (AvgIpc) is 2.76. The molecule has 0 bridgehead atoms. The summed E-state index contributed by atoms with van der Waals surface area (Å²) in [7, 11) is 0. The molecule has 3 aromatic rings. The molecule has 0 radical (unpaired) electrons. The average molecular weight is 480 g/mol. The first-order valence-electron chi connectivity index (χ1n) is 9.59. The Morgan fingerprint density at radius 2 is 1.77 bits per heavy atom. The van der Waals surface area contributed by atoms with E-state index in [1.807, 2.05) is 66.9 Å². The molecular formula is C22H23ClNO5PS. The molecule has 1 N–H and O–H groups in total. The normalized spacial score (nSPS) is 14.0. The Balaban J connectivity index is 1.63. The van der Waals surface area contributed by atoms with Gasteiger partial charge in [-0.25, -0.2) is 9.36 Å². The molecule has 0 saturated carbocycles. The lowest BCUT2D eigenvalue weighted by Crippen LogP contribution is -2.38. The van der Waals surface area contributed by atoms with E-state index >= 15 is 0 Å². The van der Waals surface area contributed by atoms with Gasteiger partial charge in [0.15, 0.2) is 0 Å². The maximum absolute atomic E-state index is 12.7. The second-order valence-electron chi connectivity index (χ2n) is 6.64. The van der Waals surface area contributed by atoms with Gasteiger partial charge in [-0.2, -0.15) is 17.2 Å². The van der Waals surface area contributed by atoms with Crippen LogP contribution in [0.4, 0.5) is 0 Å². The summed E-state index contributed by atoms with van der Waals surface area (Å²) in [6.07, 6.45) is 2.32. The van der Waals surface area contributed by atoms with E-state index in [0.717, 1.165) is 10.9 Å². The van der Waals surface area contributed by atoms with Crippen molar-refractivity contribution in [3.05, 3.63) is 78.4 Å². The van der Waals surface area contributed by atoms with Gasteiger partial charge in [-0.3, -0.25) is 4.84 Å². The van der Waals surface area contributed by atoms with Gasteiger partial charge in [0.1, 0.15) is 11.8 Å². The monoisotopic (exact) mass is 479 g/mol. The Morgan fingerprint density at radius 1 is 1.06 bits per heavy atom. The predicted octanol–water partition coefficient (Wildman–Crippen LogP) is 5.95. The zero-order chi connectivity index (χ0) is 22.1. The third kappa shape index (κ3) is 7.27. The van der Waals surface area contributed by atoms with Crippen molar-refractivity contribution in [3.8, 4) is 5.75 Å².